The number of carbonyl (C=O) groups excluding carboxylic acids is 1. The van der Waals surface area contributed by atoms with E-state index in [9.17, 15) is 13.2 Å². The summed E-state index contributed by atoms with van der Waals surface area (Å²) in [4.78, 5) is 11.6. The average molecular weight is 239 g/mol. The topological polar surface area (TPSA) is 63.2 Å². The fourth-order valence-corrected chi connectivity index (χ4v) is 2.56. The largest absolute Gasteiger partial charge is 0.294 e. The van der Waals surface area contributed by atoms with E-state index in [1.54, 1.807) is 18.2 Å². The van der Waals surface area contributed by atoms with Crippen LogP contribution in [-0.4, -0.2) is 20.5 Å². The van der Waals surface area contributed by atoms with Crippen molar-refractivity contribution in [2.75, 3.05) is 11.0 Å². The smallest absolute Gasteiger partial charge is 0.229 e. The Labute approximate surface area is 94.7 Å². The van der Waals surface area contributed by atoms with Gasteiger partial charge >= 0.3 is 0 Å². The summed E-state index contributed by atoms with van der Waals surface area (Å²) in [5.74, 6) is 0.0957. The lowest BCUT2D eigenvalue weighted by atomic mass is 9.90. The Kier molecular flexibility index (Phi) is 2.71. The van der Waals surface area contributed by atoms with Gasteiger partial charge in [-0.25, -0.2) is 8.42 Å². The average Bonchev–Trinajstić information content (AvgIpc) is 2.17. The molecule has 1 aliphatic carbocycles. The fourth-order valence-electron chi connectivity index (χ4n) is 1.97. The minimum Gasteiger partial charge on any atom is -0.294 e. The van der Waals surface area contributed by atoms with Crippen LogP contribution in [0.4, 0.5) is 5.69 Å². The maximum atomic E-state index is 11.6. The minimum absolute atomic E-state index is 0.0957. The molecule has 0 bridgehead atoms. The van der Waals surface area contributed by atoms with Crippen LogP contribution in [0.25, 0.3) is 0 Å². The third-order valence-electron chi connectivity index (χ3n) is 2.60. The number of Topliss-reactive ketones (excluding diaryl/α,β-unsaturated/α-hetero) is 1. The van der Waals surface area contributed by atoms with Gasteiger partial charge in [0.15, 0.2) is 5.78 Å². The van der Waals surface area contributed by atoms with Gasteiger partial charge in [0.1, 0.15) is 0 Å². The zero-order valence-corrected chi connectivity index (χ0v) is 9.80. The number of rotatable bonds is 2. The van der Waals surface area contributed by atoms with Crippen LogP contribution in [-0.2, 0) is 16.4 Å². The number of sulfonamides is 1. The molecule has 0 spiro atoms. The van der Waals surface area contributed by atoms with Gasteiger partial charge in [-0.2, -0.15) is 0 Å². The second-order valence-corrected chi connectivity index (χ2v) is 5.73. The van der Waals surface area contributed by atoms with Gasteiger partial charge in [-0.05, 0) is 24.5 Å². The number of ketones is 1. The molecule has 2 rings (SSSR count). The Balaban J connectivity index is 2.48. The zero-order chi connectivity index (χ0) is 11.8. The maximum absolute atomic E-state index is 11.6. The van der Waals surface area contributed by atoms with E-state index in [0.29, 0.717) is 17.7 Å². The van der Waals surface area contributed by atoms with Gasteiger partial charge in [0.2, 0.25) is 10.0 Å². The van der Waals surface area contributed by atoms with Crippen LogP contribution in [0.2, 0.25) is 0 Å². The first kappa shape index (κ1) is 11.1. The Morgan fingerprint density at radius 3 is 2.69 bits per heavy atom. The lowest BCUT2D eigenvalue weighted by Crippen LogP contribution is -2.16. The molecule has 0 aliphatic heterocycles. The second kappa shape index (κ2) is 3.90. The SMILES string of the molecule is CS(=O)(=O)Nc1cccc2c1CCCC2=O. The summed E-state index contributed by atoms with van der Waals surface area (Å²) in [5.41, 5.74) is 2.01. The van der Waals surface area contributed by atoms with Gasteiger partial charge in [0.05, 0.1) is 11.9 Å². The summed E-state index contributed by atoms with van der Waals surface area (Å²) in [6.45, 7) is 0. The summed E-state index contributed by atoms with van der Waals surface area (Å²) in [7, 11) is -3.29. The Bertz CT molecular complexity index is 534. The first-order valence-electron chi connectivity index (χ1n) is 5.10. The van der Waals surface area contributed by atoms with Gasteiger partial charge in [0.25, 0.3) is 0 Å². The zero-order valence-electron chi connectivity index (χ0n) is 8.99. The van der Waals surface area contributed by atoms with Crippen molar-refractivity contribution in [3.05, 3.63) is 29.3 Å². The van der Waals surface area contributed by atoms with Crippen molar-refractivity contribution in [2.45, 2.75) is 19.3 Å². The van der Waals surface area contributed by atoms with E-state index in [4.69, 9.17) is 0 Å². The van der Waals surface area contributed by atoms with Crippen molar-refractivity contribution in [1.29, 1.82) is 0 Å². The van der Waals surface area contributed by atoms with Crippen LogP contribution in [0.5, 0.6) is 0 Å². The summed E-state index contributed by atoms with van der Waals surface area (Å²) in [5, 5.41) is 0. The molecule has 0 amide bonds. The van der Waals surface area contributed by atoms with E-state index in [0.717, 1.165) is 24.7 Å². The van der Waals surface area contributed by atoms with Gasteiger partial charge in [-0.3, -0.25) is 9.52 Å². The first-order chi connectivity index (χ1) is 7.47. The van der Waals surface area contributed by atoms with Crippen molar-refractivity contribution >= 4 is 21.5 Å². The van der Waals surface area contributed by atoms with Gasteiger partial charge < -0.3 is 0 Å². The van der Waals surface area contributed by atoms with Crippen molar-refractivity contribution in [3.63, 3.8) is 0 Å². The standard InChI is InChI=1S/C11H13NO3S/c1-16(14,15)12-10-6-2-5-9-8(10)4-3-7-11(9)13/h2,5-6,12H,3-4,7H2,1H3. The normalized spacial score (nSPS) is 15.7. The number of hydrogen-bond donors (Lipinski definition) is 1. The maximum Gasteiger partial charge on any atom is 0.229 e. The number of hydrogen-bond acceptors (Lipinski definition) is 3. The molecule has 16 heavy (non-hydrogen) atoms. The van der Waals surface area contributed by atoms with Crippen LogP contribution in [0.1, 0.15) is 28.8 Å². The number of nitrogens with one attached hydrogen (secondary N) is 1. The van der Waals surface area contributed by atoms with Crippen LogP contribution < -0.4 is 4.72 Å². The van der Waals surface area contributed by atoms with E-state index in [2.05, 4.69) is 4.72 Å². The monoisotopic (exact) mass is 239 g/mol. The molecule has 0 unspecified atom stereocenters. The van der Waals surface area contributed by atoms with E-state index >= 15 is 0 Å². The highest BCUT2D eigenvalue weighted by Gasteiger charge is 2.20. The molecule has 1 aliphatic rings. The van der Waals surface area contributed by atoms with Crippen molar-refractivity contribution < 1.29 is 13.2 Å². The number of benzene rings is 1. The molecular formula is C11H13NO3S. The molecule has 0 heterocycles. The molecule has 0 saturated heterocycles. The molecule has 1 N–H and O–H groups in total. The molecule has 0 atom stereocenters. The molecule has 0 aromatic heterocycles. The molecule has 86 valence electrons. The highest BCUT2D eigenvalue weighted by molar-refractivity contribution is 7.92. The van der Waals surface area contributed by atoms with E-state index < -0.39 is 10.0 Å². The summed E-state index contributed by atoms with van der Waals surface area (Å²) in [6.07, 6.45) is 3.19. The highest BCUT2D eigenvalue weighted by atomic mass is 32.2. The van der Waals surface area contributed by atoms with Gasteiger partial charge in [0, 0.05) is 12.0 Å². The summed E-state index contributed by atoms with van der Waals surface area (Å²) >= 11 is 0. The number of carbonyl (C=O) groups is 1. The Morgan fingerprint density at radius 2 is 2.00 bits per heavy atom. The minimum atomic E-state index is -3.29. The van der Waals surface area contributed by atoms with Crippen LogP contribution in [0.3, 0.4) is 0 Å². The third kappa shape index (κ3) is 2.24. The first-order valence-corrected chi connectivity index (χ1v) is 6.99. The van der Waals surface area contributed by atoms with Gasteiger partial charge in [-0.15, -0.1) is 0 Å². The highest BCUT2D eigenvalue weighted by Crippen LogP contribution is 2.28. The number of fused-ring (bicyclic) bond motifs is 1. The van der Waals surface area contributed by atoms with E-state index in [-0.39, 0.29) is 5.78 Å². The third-order valence-corrected chi connectivity index (χ3v) is 3.19. The summed E-state index contributed by atoms with van der Waals surface area (Å²) < 4.78 is 24.8. The van der Waals surface area contributed by atoms with Crippen LogP contribution >= 0.6 is 0 Å². The molecule has 1 aromatic rings. The van der Waals surface area contributed by atoms with Crippen LogP contribution in [0, 0.1) is 0 Å². The predicted molar refractivity (Wildman–Crippen MR) is 62.2 cm³/mol. The second-order valence-electron chi connectivity index (χ2n) is 3.98. The van der Waals surface area contributed by atoms with Gasteiger partial charge in [-0.1, -0.05) is 12.1 Å². The Morgan fingerprint density at radius 1 is 1.25 bits per heavy atom. The molecule has 1 aromatic carbocycles. The molecule has 0 saturated carbocycles. The predicted octanol–water partition coefficient (Wildman–Crippen LogP) is 1.58. The lowest BCUT2D eigenvalue weighted by molar-refractivity contribution is 0.0972. The molecule has 5 heteroatoms. The van der Waals surface area contributed by atoms with E-state index in [1.807, 2.05) is 0 Å². The summed E-state index contributed by atoms with van der Waals surface area (Å²) in [6, 6.07) is 5.15. The molecular weight excluding hydrogens is 226 g/mol. The molecule has 0 radical (unpaired) electrons. The fraction of sp³-hybridized carbons (Fsp3) is 0.364. The molecule has 4 nitrogen and oxygen atoms in total. The lowest BCUT2D eigenvalue weighted by Gasteiger charge is -2.18. The van der Waals surface area contributed by atoms with E-state index in [1.165, 1.54) is 0 Å². The van der Waals surface area contributed by atoms with Crippen LogP contribution in [0.15, 0.2) is 18.2 Å². The molecule has 0 fully saturated rings. The van der Waals surface area contributed by atoms with Crippen molar-refractivity contribution in [3.8, 4) is 0 Å². The number of anilines is 1. The van der Waals surface area contributed by atoms with Crippen molar-refractivity contribution in [2.24, 2.45) is 0 Å². The quantitative estimate of drug-likeness (QED) is 0.852. The Hall–Kier alpha value is -1.36. The van der Waals surface area contributed by atoms with Crippen molar-refractivity contribution in [1.82, 2.24) is 0 Å².